The highest BCUT2D eigenvalue weighted by molar-refractivity contribution is 7.19. The first-order valence-corrected chi connectivity index (χ1v) is 14.3. The van der Waals surface area contributed by atoms with E-state index in [-0.39, 0.29) is 5.69 Å². The first-order valence-electron chi connectivity index (χ1n) is 12.7. The molecule has 202 valence electrons. The highest BCUT2D eigenvalue weighted by Gasteiger charge is 2.35. The van der Waals surface area contributed by atoms with Crippen LogP contribution in [0.15, 0.2) is 42.2 Å². The van der Waals surface area contributed by atoms with Crippen molar-refractivity contribution >= 4 is 39.2 Å². The summed E-state index contributed by atoms with van der Waals surface area (Å²) in [6.45, 7) is 4.65. The van der Waals surface area contributed by atoms with E-state index in [1.165, 1.54) is 48.0 Å². The van der Waals surface area contributed by atoms with Crippen LogP contribution in [0.3, 0.4) is 0 Å². The highest BCUT2D eigenvalue weighted by Crippen LogP contribution is 2.40. The predicted molar refractivity (Wildman–Crippen MR) is 150 cm³/mol. The topological polar surface area (TPSA) is 66.8 Å². The SMILES string of the molecule is CCCCCCCCN(C)c1ccc(Nc2nc(-c3sc(-c4cnccn4)nc3C)cs2)cc1C(F)(F)F. The lowest BCUT2D eigenvalue weighted by molar-refractivity contribution is -0.137. The number of hydrogen-bond acceptors (Lipinski definition) is 8. The normalized spacial score (nSPS) is 11.6. The van der Waals surface area contributed by atoms with Gasteiger partial charge in [0.05, 0.1) is 28.0 Å². The van der Waals surface area contributed by atoms with Gasteiger partial charge in [0.25, 0.3) is 0 Å². The van der Waals surface area contributed by atoms with Gasteiger partial charge in [-0.15, -0.1) is 22.7 Å². The van der Waals surface area contributed by atoms with Crippen LogP contribution < -0.4 is 10.2 Å². The number of aryl methyl sites for hydroxylation is 1. The number of hydrogen-bond donors (Lipinski definition) is 1. The standard InChI is InChI=1S/C27H31F3N6S2/c1-4-5-6-7-8-9-14-36(3)23-11-10-19(15-20(23)27(28,29)30)34-26-35-22(17-37-26)24-18(2)33-25(38-24)21-16-31-12-13-32-21/h10-13,15-17H,4-9,14H2,1-3H3,(H,34,35). The summed E-state index contributed by atoms with van der Waals surface area (Å²) in [5.41, 5.74) is 2.09. The summed E-state index contributed by atoms with van der Waals surface area (Å²) in [4.78, 5) is 20.2. The number of alkyl halides is 3. The fourth-order valence-electron chi connectivity index (χ4n) is 4.14. The number of unbranched alkanes of at least 4 members (excludes halogenated alkanes) is 5. The van der Waals surface area contributed by atoms with Gasteiger partial charge in [-0.05, 0) is 31.5 Å². The molecule has 1 N–H and O–H groups in total. The molecule has 0 saturated carbocycles. The third-order valence-electron chi connectivity index (χ3n) is 6.13. The Morgan fingerprint density at radius 1 is 1.00 bits per heavy atom. The molecule has 1 aromatic carbocycles. The molecular weight excluding hydrogens is 529 g/mol. The monoisotopic (exact) mass is 560 g/mol. The average Bonchev–Trinajstić information content (AvgIpc) is 3.52. The third-order valence-corrected chi connectivity index (χ3v) is 8.09. The van der Waals surface area contributed by atoms with E-state index in [9.17, 15) is 13.2 Å². The second-order valence-electron chi connectivity index (χ2n) is 9.11. The van der Waals surface area contributed by atoms with Gasteiger partial charge >= 0.3 is 6.18 Å². The van der Waals surface area contributed by atoms with Crippen LogP contribution in [0.5, 0.6) is 0 Å². The minimum absolute atomic E-state index is 0.188. The van der Waals surface area contributed by atoms with Crippen molar-refractivity contribution in [2.75, 3.05) is 23.8 Å². The van der Waals surface area contributed by atoms with E-state index in [0.717, 1.165) is 40.9 Å². The van der Waals surface area contributed by atoms with Gasteiger partial charge in [-0.3, -0.25) is 9.97 Å². The van der Waals surface area contributed by atoms with Gasteiger partial charge in [-0.1, -0.05) is 39.0 Å². The summed E-state index contributed by atoms with van der Waals surface area (Å²) in [6.07, 6.45) is 6.98. The lowest BCUT2D eigenvalue weighted by Gasteiger charge is -2.24. The first-order chi connectivity index (χ1) is 18.3. The minimum Gasteiger partial charge on any atom is -0.374 e. The Labute approximate surface area is 229 Å². The summed E-state index contributed by atoms with van der Waals surface area (Å²) >= 11 is 2.79. The maximum Gasteiger partial charge on any atom is 0.418 e. The van der Waals surface area contributed by atoms with Gasteiger partial charge in [0.2, 0.25) is 0 Å². The molecule has 0 aliphatic rings. The fraction of sp³-hybridized carbons (Fsp3) is 0.407. The van der Waals surface area contributed by atoms with Gasteiger partial charge in [0.15, 0.2) is 5.13 Å². The van der Waals surface area contributed by atoms with Crippen LogP contribution >= 0.6 is 22.7 Å². The molecule has 0 radical (unpaired) electrons. The van der Waals surface area contributed by atoms with E-state index in [1.54, 1.807) is 36.6 Å². The molecule has 0 aliphatic carbocycles. The fourth-order valence-corrected chi connectivity index (χ4v) is 5.92. The molecule has 0 saturated heterocycles. The molecule has 3 aromatic heterocycles. The number of halogens is 3. The van der Waals surface area contributed by atoms with E-state index < -0.39 is 11.7 Å². The molecule has 0 fully saturated rings. The number of thiazole rings is 2. The molecule has 6 nitrogen and oxygen atoms in total. The first kappa shape index (κ1) is 28.0. The van der Waals surface area contributed by atoms with Gasteiger partial charge in [0, 0.05) is 42.7 Å². The van der Waals surface area contributed by atoms with Gasteiger partial charge in [0.1, 0.15) is 10.7 Å². The number of rotatable bonds is 12. The van der Waals surface area contributed by atoms with Crippen LogP contribution in [0.1, 0.15) is 56.7 Å². The molecule has 0 amide bonds. The van der Waals surface area contributed by atoms with Crippen molar-refractivity contribution in [3.05, 3.63) is 53.4 Å². The van der Waals surface area contributed by atoms with Gasteiger partial charge in [-0.25, -0.2) is 9.97 Å². The molecule has 0 bridgehead atoms. The van der Waals surface area contributed by atoms with Crippen LogP contribution in [0.25, 0.3) is 21.3 Å². The lowest BCUT2D eigenvalue weighted by atomic mass is 10.1. The maximum absolute atomic E-state index is 14.0. The second kappa shape index (κ2) is 12.7. The zero-order valence-electron chi connectivity index (χ0n) is 21.7. The second-order valence-corrected chi connectivity index (χ2v) is 11.0. The molecule has 38 heavy (non-hydrogen) atoms. The number of nitrogens with zero attached hydrogens (tertiary/aromatic N) is 5. The van der Waals surface area contributed by atoms with Crippen molar-refractivity contribution in [3.63, 3.8) is 0 Å². The number of aromatic nitrogens is 4. The highest BCUT2D eigenvalue weighted by atomic mass is 32.1. The van der Waals surface area contributed by atoms with E-state index in [2.05, 4.69) is 32.2 Å². The molecule has 4 aromatic rings. The smallest absolute Gasteiger partial charge is 0.374 e. The lowest BCUT2D eigenvalue weighted by Crippen LogP contribution is -2.22. The van der Waals surface area contributed by atoms with Gasteiger partial charge < -0.3 is 10.2 Å². The number of anilines is 3. The molecule has 0 spiro atoms. The summed E-state index contributed by atoms with van der Waals surface area (Å²) < 4.78 is 42.0. The summed E-state index contributed by atoms with van der Waals surface area (Å²) in [5, 5.41) is 6.17. The van der Waals surface area contributed by atoms with E-state index >= 15 is 0 Å². The van der Waals surface area contributed by atoms with Crippen LogP contribution in [-0.4, -0.2) is 33.5 Å². The molecule has 0 atom stereocenters. The van der Waals surface area contributed by atoms with E-state index in [1.807, 2.05) is 12.3 Å². The molecule has 3 heterocycles. The quantitative estimate of drug-likeness (QED) is 0.175. The largest absolute Gasteiger partial charge is 0.418 e. The van der Waals surface area contributed by atoms with Crippen LogP contribution in [0.2, 0.25) is 0 Å². The summed E-state index contributed by atoms with van der Waals surface area (Å²) in [5.74, 6) is 0. The zero-order valence-corrected chi connectivity index (χ0v) is 23.3. The third kappa shape index (κ3) is 7.08. The molecule has 0 aliphatic heterocycles. The van der Waals surface area contributed by atoms with Crippen molar-refractivity contribution in [2.45, 2.75) is 58.5 Å². The molecule has 0 unspecified atom stereocenters. The predicted octanol–water partition coefficient (Wildman–Crippen LogP) is 8.59. The van der Waals surface area contributed by atoms with Crippen LogP contribution in [0, 0.1) is 6.92 Å². The van der Waals surface area contributed by atoms with Crippen molar-refractivity contribution in [1.29, 1.82) is 0 Å². The molecule has 4 rings (SSSR count). The Kier molecular flexibility index (Phi) is 9.32. The average molecular weight is 561 g/mol. The van der Waals surface area contributed by atoms with Crippen molar-refractivity contribution < 1.29 is 13.2 Å². The maximum atomic E-state index is 14.0. The van der Waals surface area contributed by atoms with Crippen LogP contribution in [0.4, 0.5) is 29.7 Å². The Morgan fingerprint density at radius 3 is 2.53 bits per heavy atom. The van der Waals surface area contributed by atoms with E-state index in [0.29, 0.717) is 28.8 Å². The summed E-state index contributed by atoms with van der Waals surface area (Å²) in [7, 11) is 1.73. The zero-order chi connectivity index (χ0) is 27.1. The van der Waals surface area contributed by atoms with Crippen molar-refractivity contribution in [3.8, 4) is 21.3 Å². The Hall–Kier alpha value is -3.05. The molecular formula is C27H31F3N6S2. The Morgan fingerprint density at radius 2 is 1.79 bits per heavy atom. The summed E-state index contributed by atoms with van der Waals surface area (Å²) in [6, 6.07) is 4.38. The van der Waals surface area contributed by atoms with Crippen LogP contribution in [-0.2, 0) is 6.18 Å². The van der Waals surface area contributed by atoms with Crippen molar-refractivity contribution in [2.24, 2.45) is 0 Å². The number of benzene rings is 1. The van der Waals surface area contributed by atoms with E-state index in [4.69, 9.17) is 0 Å². The molecule has 11 heteroatoms. The number of nitrogens with one attached hydrogen (secondary N) is 1. The Balaban J connectivity index is 1.47. The van der Waals surface area contributed by atoms with Gasteiger partial charge in [-0.2, -0.15) is 13.2 Å². The Bertz CT molecular complexity index is 1320. The van der Waals surface area contributed by atoms with Crippen molar-refractivity contribution in [1.82, 2.24) is 19.9 Å². The minimum atomic E-state index is -4.47.